The van der Waals surface area contributed by atoms with E-state index in [1.165, 1.54) is 25.0 Å². The third-order valence-corrected chi connectivity index (χ3v) is 6.43. The van der Waals surface area contributed by atoms with Crippen molar-refractivity contribution >= 4 is 22.9 Å². The lowest BCUT2D eigenvalue weighted by molar-refractivity contribution is -0.140. The normalized spacial score (nSPS) is 15.0. The SMILES string of the molecule is Cc1cnc(C(F)(F)F)c(-c2cc3c(cc2F)c(CNSC2CC2)cn3CC(C)(C)C)c1. The summed E-state index contributed by atoms with van der Waals surface area (Å²) < 4.78 is 61.5. The second-order valence-electron chi connectivity index (χ2n) is 9.74. The van der Waals surface area contributed by atoms with Gasteiger partial charge in [0, 0.05) is 52.8 Å². The lowest BCUT2D eigenvalue weighted by Crippen LogP contribution is -2.15. The van der Waals surface area contributed by atoms with Gasteiger partial charge in [-0.15, -0.1) is 0 Å². The average Bonchev–Trinajstić information content (AvgIpc) is 3.43. The molecule has 4 rings (SSSR count). The number of hydrogen-bond acceptors (Lipinski definition) is 3. The molecule has 32 heavy (non-hydrogen) atoms. The minimum atomic E-state index is -4.67. The molecule has 3 aromatic rings. The molecule has 0 aliphatic heterocycles. The molecule has 0 radical (unpaired) electrons. The Bertz CT molecular complexity index is 1140. The number of fused-ring (bicyclic) bond motifs is 1. The molecule has 1 N–H and O–H groups in total. The van der Waals surface area contributed by atoms with Gasteiger partial charge in [-0.05, 0) is 54.5 Å². The number of nitrogens with one attached hydrogen (secondary N) is 1. The average molecular weight is 466 g/mol. The molecule has 0 unspecified atom stereocenters. The van der Waals surface area contributed by atoms with E-state index in [0.29, 0.717) is 29.3 Å². The van der Waals surface area contributed by atoms with Crippen LogP contribution in [0, 0.1) is 18.2 Å². The van der Waals surface area contributed by atoms with E-state index in [1.807, 2.05) is 10.8 Å². The molecule has 0 atom stereocenters. The number of rotatable bonds is 6. The van der Waals surface area contributed by atoms with Crippen LogP contribution in [0.2, 0.25) is 0 Å². The quantitative estimate of drug-likeness (QED) is 0.311. The Morgan fingerprint density at radius 2 is 1.84 bits per heavy atom. The summed E-state index contributed by atoms with van der Waals surface area (Å²) in [5.74, 6) is -0.681. The fraction of sp³-hybridized carbons (Fsp3) is 0.458. The predicted molar refractivity (Wildman–Crippen MR) is 122 cm³/mol. The number of hydrogen-bond donors (Lipinski definition) is 1. The highest BCUT2D eigenvalue weighted by Gasteiger charge is 2.36. The van der Waals surface area contributed by atoms with Crippen molar-refractivity contribution in [2.45, 2.75) is 65.1 Å². The number of benzene rings is 1. The van der Waals surface area contributed by atoms with Crippen molar-refractivity contribution in [1.82, 2.24) is 14.3 Å². The molecule has 1 aliphatic rings. The van der Waals surface area contributed by atoms with E-state index in [-0.39, 0.29) is 16.5 Å². The maximum Gasteiger partial charge on any atom is 0.433 e. The van der Waals surface area contributed by atoms with Crippen molar-refractivity contribution in [3.05, 3.63) is 53.2 Å². The maximum atomic E-state index is 15.3. The highest BCUT2D eigenvalue weighted by molar-refractivity contribution is 7.98. The Hall–Kier alpha value is -2.06. The van der Waals surface area contributed by atoms with E-state index < -0.39 is 17.7 Å². The number of aryl methyl sites for hydroxylation is 1. The summed E-state index contributed by atoms with van der Waals surface area (Å²) >= 11 is 1.69. The summed E-state index contributed by atoms with van der Waals surface area (Å²) in [6.45, 7) is 9.15. The molecule has 3 nitrogen and oxygen atoms in total. The first-order valence-electron chi connectivity index (χ1n) is 10.7. The minimum absolute atomic E-state index is 0.0595. The smallest absolute Gasteiger partial charge is 0.347 e. The summed E-state index contributed by atoms with van der Waals surface area (Å²) in [6, 6.07) is 4.26. The number of pyridine rings is 1. The van der Waals surface area contributed by atoms with Crippen molar-refractivity contribution < 1.29 is 17.6 Å². The molecular formula is C24H27F4N3S. The van der Waals surface area contributed by atoms with Gasteiger partial charge >= 0.3 is 6.18 Å². The van der Waals surface area contributed by atoms with Crippen molar-refractivity contribution in [1.29, 1.82) is 0 Å². The summed E-state index contributed by atoms with van der Waals surface area (Å²) in [7, 11) is 0. The van der Waals surface area contributed by atoms with Crippen LogP contribution in [-0.4, -0.2) is 14.8 Å². The highest BCUT2D eigenvalue weighted by Crippen LogP contribution is 2.39. The Morgan fingerprint density at radius 1 is 1.12 bits per heavy atom. The van der Waals surface area contributed by atoms with E-state index in [2.05, 4.69) is 30.5 Å². The van der Waals surface area contributed by atoms with Crippen LogP contribution in [0.5, 0.6) is 0 Å². The largest absolute Gasteiger partial charge is 0.433 e. The van der Waals surface area contributed by atoms with Crippen LogP contribution in [-0.2, 0) is 19.3 Å². The third kappa shape index (κ3) is 5.12. The first-order valence-corrected chi connectivity index (χ1v) is 11.5. The fourth-order valence-electron chi connectivity index (χ4n) is 3.80. The maximum absolute atomic E-state index is 15.3. The van der Waals surface area contributed by atoms with Crippen LogP contribution in [0.1, 0.15) is 50.4 Å². The van der Waals surface area contributed by atoms with Gasteiger partial charge in [0.15, 0.2) is 5.69 Å². The van der Waals surface area contributed by atoms with Gasteiger partial charge in [0.25, 0.3) is 0 Å². The van der Waals surface area contributed by atoms with Crippen LogP contribution < -0.4 is 4.72 Å². The van der Waals surface area contributed by atoms with Gasteiger partial charge in [0.05, 0.1) is 0 Å². The molecule has 0 amide bonds. The van der Waals surface area contributed by atoms with Crippen molar-refractivity contribution in [2.24, 2.45) is 5.41 Å². The monoisotopic (exact) mass is 465 g/mol. The molecule has 172 valence electrons. The summed E-state index contributed by atoms with van der Waals surface area (Å²) in [6.07, 6.45) is 0.874. The van der Waals surface area contributed by atoms with Crippen LogP contribution in [0.3, 0.4) is 0 Å². The molecule has 1 aromatic carbocycles. The van der Waals surface area contributed by atoms with Crippen molar-refractivity contribution in [2.75, 3.05) is 0 Å². The molecule has 0 saturated heterocycles. The fourth-order valence-corrected chi connectivity index (χ4v) is 4.64. The molecular weight excluding hydrogens is 438 g/mol. The molecule has 2 aromatic heterocycles. The first-order chi connectivity index (χ1) is 14.9. The van der Waals surface area contributed by atoms with Crippen molar-refractivity contribution in [3.8, 4) is 11.1 Å². The molecule has 0 spiro atoms. The van der Waals surface area contributed by atoms with Gasteiger partial charge in [0.2, 0.25) is 0 Å². The first kappa shape index (κ1) is 23.1. The van der Waals surface area contributed by atoms with Crippen LogP contribution in [0.15, 0.2) is 30.6 Å². The topological polar surface area (TPSA) is 29.9 Å². The zero-order valence-electron chi connectivity index (χ0n) is 18.6. The molecule has 8 heteroatoms. The summed E-state index contributed by atoms with van der Waals surface area (Å²) in [5, 5.41) is 1.35. The van der Waals surface area contributed by atoms with Gasteiger partial charge in [0.1, 0.15) is 5.82 Å². The zero-order chi connectivity index (χ0) is 23.3. The van der Waals surface area contributed by atoms with Crippen LogP contribution >= 0.6 is 11.9 Å². The second kappa shape index (κ2) is 8.37. The molecule has 1 saturated carbocycles. The minimum Gasteiger partial charge on any atom is -0.347 e. The van der Waals surface area contributed by atoms with E-state index in [9.17, 15) is 13.2 Å². The van der Waals surface area contributed by atoms with E-state index in [1.54, 1.807) is 24.9 Å². The van der Waals surface area contributed by atoms with Gasteiger partial charge in [-0.1, -0.05) is 32.7 Å². The van der Waals surface area contributed by atoms with Crippen LogP contribution in [0.4, 0.5) is 17.6 Å². The molecule has 0 bridgehead atoms. The zero-order valence-corrected chi connectivity index (χ0v) is 19.4. The number of halogens is 4. The number of alkyl halides is 3. The third-order valence-electron chi connectivity index (χ3n) is 5.32. The van der Waals surface area contributed by atoms with Crippen molar-refractivity contribution in [3.63, 3.8) is 0 Å². The van der Waals surface area contributed by atoms with E-state index >= 15 is 4.39 Å². The lowest BCUT2D eigenvalue weighted by Gasteiger charge is -2.20. The Balaban J connectivity index is 1.84. The predicted octanol–water partition coefficient (Wildman–Crippen LogP) is 7.12. The van der Waals surface area contributed by atoms with Gasteiger partial charge < -0.3 is 4.57 Å². The molecule has 1 fully saturated rings. The Kier molecular flexibility index (Phi) is 6.05. The molecule has 2 heterocycles. The summed E-state index contributed by atoms with van der Waals surface area (Å²) in [5.41, 5.74) is 0.749. The molecule has 1 aliphatic carbocycles. The van der Waals surface area contributed by atoms with Gasteiger partial charge in [-0.3, -0.25) is 9.71 Å². The van der Waals surface area contributed by atoms with Gasteiger partial charge in [-0.25, -0.2) is 4.39 Å². The Morgan fingerprint density at radius 3 is 2.47 bits per heavy atom. The van der Waals surface area contributed by atoms with E-state index in [4.69, 9.17) is 0 Å². The number of nitrogens with zero attached hydrogens (tertiary/aromatic N) is 2. The van der Waals surface area contributed by atoms with E-state index in [0.717, 1.165) is 17.3 Å². The standard InChI is InChI=1S/C24H27F4N3S/c1-14-7-19(22(29-10-14)24(26,27)28)18-9-21-17(8-20(18)25)15(11-30-32-16-5-6-16)12-31(21)13-23(2,3)4/h7-10,12,16,30H,5-6,11,13H2,1-4H3. The van der Waals surface area contributed by atoms with Gasteiger partial charge in [-0.2, -0.15) is 13.2 Å². The summed E-state index contributed by atoms with van der Waals surface area (Å²) in [4.78, 5) is 3.59. The van der Waals surface area contributed by atoms with Crippen LogP contribution in [0.25, 0.3) is 22.0 Å². The second-order valence-corrected chi connectivity index (χ2v) is 10.9. The lowest BCUT2D eigenvalue weighted by atomic mass is 9.96. The highest BCUT2D eigenvalue weighted by atomic mass is 32.2. The number of aromatic nitrogens is 2. The Labute approximate surface area is 189 Å².